The summed E-state index contributed by atoms with van der Waals surface area (Å²) in [6.45, 7) is 3.78. The maximum absolute atomic E-state index is 13.0. The number of carbonyl (C=O) groups is 1. The minimum atomic E-state index is -1.56. The lowest BCUT2D eigenvalue weighted by Gasteiger charge is -2.40. The lowest BCUT2D eigenvalue weighted by Crippen LogP contribution is -2.60. The van der Waals surface area contributed by atoms with Crippen molar-refractivity contribution >= 4 is 5.91 Å². The number of carbonyl (C=O) groups excluding carboxylic acids is 1. The van der Waals surface area contributed by atoms with Crippen molar-refractivity contribution in [1.82, 2.24) is 5.32 Å². The van der Waals surface area contributed by atoms with Gasteiger partial charge in [0.05, 0.1) is 25.4 Å². The molecule has 1 aliphatic heterocycles. The number of hydrogen-bond acceptors (Lipinski definition) is 8. The lowest BCUT2D eigenvalue weighted by atomic mass is 9.99. The van der Waals surface area contributed by atoms with Crippen LogP contribution in [0.1, 0.15) is 232 Å². The second-order valence-corrected chi connectivity index (χ2v) is 17.6. The van der Waals surface area contributed by atoms with E-state index in [2.05, 4.69) is 31.3 Å². The van der Waals surface area contributed by atoms with Crippen LogP contribution in [-0.2, 0) is 14.3 Å². The first-order chi connectivity index (χ1) is 28.8. The fraction of sp³-hybridized carbons (Fsp3) is 0.900. The fourth-order valence-electron chi connectivity index (χ4n) is 7.97. The Morgan fingerprint density at radius 2 is 0.949 bits per heavy atom. The van der Waals surface area contributed by atoms with E-state index in [1.165, 1.54) is 173 Å². The Bertz CT molecular complexity index is 977. The highest BCUT2D eigenvalue weighted by Crippen LogP contribution is 2.23. The highest BCUT2D eigenvalue weighted by Gasteiger charge is 2.44. The number of aliphatic hydroxyl groups excluding tert-OH is 5. The zero-order valence-corrected chi connectivity index (χ0v) is 38.3. The van der Waals surface area contributed by atoms with Gasteiger partial charge < -0.3 is 40.3 Å². The summed E-state index contributed by atoms with van der Waals surface area (Å²) < 4.78 is 11.2. The number of unbranched alkanes of at least 4 members (excludes halogenated alkanes) is 30. The van der Waals surface area contributed by atoms with E-state index in [0.717, 1.165) is 38.5 Å². The molecule has 9 heteroatoms. The Balaban J connectivity index is 2.30. The molecular formula is C50H95NO8. The van der Waals surface area contributed by atoms with Gasteiger partial charge in [-0.25, -0.2) is 0 Å². The molecule has 348 valence electrons. The van der Waals surface area contributed by atoms with Crippen molar-refractivity contribution in [3.05, 3.63) is 24.3 Å². The Morgan fingerprint density at radius 3 is 1.37 bits per heavy atom. The van der Waals surface area contributed by atoms with E-state index in [1.807, 2.05) is 6.08 Å². The maximum Gasteiger partial charge on any atom is 0.220 e. The zero-order valence-electron chi connectivity index (χ0n) is 38.3. The molecule has 1 heterocycles. The number of nitrogens with one attached hydrogen (secondary N) is 1. The molecule has 0 saturated carbocycles. The molecule has 0 aromatic carbocycles. The minimum absolute atomic E-state index is 0.180. The van der Waals surface area contributed by atoms with E-state index in [9.17, 15) is 30.3 Å². The van der Waals surface area contributed by atoms with Crippen LogP contribution in [0, 0.1) is 0 Å². The first-order valence-corrected chi connectivity index (χ1v) is 25.1. The average Bonchev–Trinajstić information content (AvgIpc) is 3.23. The predicted octanol–water partition coefficient (Wildman–Crippen LogP) is 11.1. The van der Waals surface area contributed by atoms with Crippen LogP contribution in [0.25, 0.3) is 0 Å². The van der Waals surface area contributed by atoms with Crippen molar-refractivity contribution < 1.29 is 39.8 Å². The van der Waals surface area contributed by atoms with Crippen LogP contribution in [0.4, 0.5) is 0 Å². The summed E-state index contributed by atoms with van der Waals surface area (Å²) in [6.07, 6.45) is 42.2. The van der Waals surface area contributed by atoms with Gasteiger partial charge in [-0.3, -0.25) is 4.79 Å². The number of ether oxygens (including phenoxy) is 2. The van der Waals surface area contributed by atoms with E-state index in [1.54, 1.807) is 6.08 Å². The Hall–Kier alpha value is -1.33. The SMILES string of the molecule is CCCCCCCCCCCC/C=C\CCCCCCCCCC(=O)NC(COC1OC(CO)C(O)C(O)C1O)C(O)/C=C/CCCCCCCCCCCCCCC. The number of amides is 1. The summed E-state index contributed by atoms with van der Waals surface area (Å²) in [5.41, 5.74) is 0. The number of hydrogen-bond donors (Lipinski definition) is 6. The Kier molecular flexibility index (Phi) is 38.4. The zero-order chi connectivity index (χ0) is 43.0. The summed E-state index contributed by atoms with van der Waals surface area (Å²) in [5, 5.41) is 54.3. The molecule has 1 fully saturated rings. The van der Waals surface area contributed by atoms with E-state index in [-0.39, 0.29) is 12.5 Å². The van der Waals surface area contributed by atoms with Gasteiger partial charge in [0, 0.05) is 6.42 Å². The van der Waals surface area contributed by atoms with Gasteiger partial charge in [0.1, 0.15) is 24.4 Å². The first kappa shape index (κ1) is 55.7. The second kappa shape index (κ2) is 40.7. The van der Waals surface area contributed by atoms with E-state index >= 15 is 0 Å². The van der Waals surface area contributed by atoms with Crippen LogP contribution in [0.3, 0.4) is 0 Å². The van der Waals surface area contributed by atoms with Crippen LogP contribution in [0.15, 0.2) is 24.3 Å². The molecule has 0 spiro atoms. The normalized spacial score (nSPS) is 20.8. The molecule has 0 radical (unpaired) electrons. The van der Waals surface area contributed by atoms with Crippen LogP contribution < -0.4 is 5.32 Å². The van der Waals surface area contributed by atoms with Crippen LogP contribution in [0.2, 0.25) is 0 Å². The average molecular weight is 838 g/mol. The van der Waals surface area contributed by atoms with Crippen molar-refractivity contribution in [2.45, 2.75) is 275 Å². The number of allylic oxidation sites excluding steroid dienone is 3. The van der Waals surface area contributed by atoms with Crippen LogP contribution in [0.5, 0.6) is 0 Å². The van der Waals surface area contributed by atoms with Gasteiger partial charge in [0.25, 0.3) is 0 Å². The molecule has 0 aromatic rings. The summed E-state index contributed by atoms with van der Waals surface area (Å²) in [7, 11) is 0. The third-order valence-corrected chi connectivity index (χ3v) is 12.0. The molecular weight excluding hydrogens is 743 g/mol. The molecule has 1 aliphatic rings. The lowest BCUT2D eigenvalue weighted by molar-refractivity contribution is -0.302. The van der Waals surface area contributed by atoms with Crippen molar-refractivity contribution in [2.24, 2.45) is 0 Å². The van der Waals surface area contributed by atoms with Crippen LogP contribution in [-0.4, -0.2) is 87.5 Å². The maximum atomic E-state index is 13.0. The quantitative estimate of drug-likeness (QED) is 0.0263. The van der Waals surface area contributed by atoms with Gasteiger partial charge >= 0.3 is 0 Å². The Morgan fingerprint density at radius 1 is 0.559 bits per heavy atom. The molecule has 59 heavy (non-hydrogen) atoms. The molecule has 7 atom stereocenters. The van der Waals surface area contributed by atoms with E-state index < -0.39 is 49.5 Å². The summed E-state index contributed by atoms with van der Waals surface area (Å²) in [6, 6.07) is -0.804. The van der Waals surface area contributed by atoms with Crippen molar-refractivity contribution in [3.63, 3.8) is 0 Å². The summed E-state index contributed by atoms with van der Waals surface area (Å²) >= 11 is 0. The topological polar surface area (TPSA) is 149 Å². The molecule has 0 aromatic heterocycles. The smallest absolute Gasteiger partial charge is 0.220 e. The standard InChI is InChI=1S/C50H95NO8/c1-3-5-7-9-11-13-15-17-19-20-21-22-23-24-26-28-30-32-34-36-38-40-46(54)51-43(42-58-50-49(57)48(56)47(55)45(41-52)59-50)44(53)39-37-35-33-31-29-27-25-18-16-14-12-10-8-6-4-2/h22-23,37,39,43-45,47-50,52-53,55-57H,3-21,24-36,38,40-42H2,1-2H3,(H,51,54)/b23-22-,39-37+. The van der Waals surface area contributed by atoms with Gasteiger partial charge in [-0.1, -0.05) is 205 Å². The van der Waals surface area contributed by atoms with Gasteiger partial charge in [0.2, 0.25) is 5.91 Å². The molecule has 1 rings (SSSR count). The number of rotatable bonds is 42. The van der Waals surface area contributed by atoms with Crippen molar-refractivity contribution in [3.8, 4) is 0 Å². The predicted molar refractivity (Wildman–Crippen MR) is 244 cm³/mol. The molecule has 1 saturated heterocycles. The third-order valence-electron chi connectivity index (χ3n) is 12.0. The fourth-order valence-corrected chi connectivity index (χ4v) is 7.97. The molecule has 9 nitrogen and oxygen atoms in total. The molecule has 7 unspecified atom stereocenters. The Labute approximate surface area is 362 Å². The second-order valence-electron chi connectivity index (χ2n) is 17.6. The van der Waals surface area contributed by atoms with Crippen LogP contribution >= 0.6 is 0 Å². The summed E-state index contributed by atoms with van der Waals surface area (Å²) in [5.74, 6) is -0.180. The van der Waals surface area contributed by atoms with Gasteiger partial charge in [-0.05, 0) is 44.9 Å². The van der Waals surface area contributed by atoms with Gasteiger partial charge in [0.15, 0.2) is 6.29 Å². The van der Waals surface area contributed by atoms with E-state index in [0.29, 0.717) is 6.42 Å². The largest absolute Gasteiger partial charge is 0.394 e. The third kappa shape index (κ3) is 31.2. The molecule has 1 amide bonds. The monoisotopic (exact) mass is 838 g/mol. The van der Waals surface area contributed by atoms with E-state index in [4.69, 9.17) is 9.47 Å². The molecule has 6 N–H and O–H groups in total. The molecule has 0 bridgehead atoms. The number of aliphatic hydroxyl groups is 5. The first-order valence-electron chi connectivity index (χ1n) is 25.1. The molecule has 0 aliphatic carbocycles. The van der Waals surface area contributed by atoms with Gasteiger partial charge in [-0.2, -0.15) is 0 Å². The van der Waals surface area contributed by atoms with Crippen molar-refractivity contribution in [1.29, 1.82) is 0 Å². The summed E-state index contributed by atoms with van der Waals surface area (Å²) in [4.78, 5) is 13.0. The minimum Gasteiger partial charge on any atom is -0.394 e. The van der Waals surface area contributed by atoms with Crippen molar-refractivity contribution in [2.75, 3.05) is 13.2 Å². The highest BCUT2D eigenvalue weighted by atomic mass is 16.7. The highest BCUT2D eigenvalue weighted by molar-refractivity contribution is 5.76. The van der Waals surface area contributed by atoms with Gasteiger partial charge in [-0.15, -0.1) is 0 Å².